The maximum Gasteiger partial charge on any atom is 0.270 e. The van der Waals surface area contributed by atoms with E-state index in [-0.39, 0.29) is 28.5 Å². The molecule has 0 amide bonds. The molecule has 20 heavy (non-hydrogen) atoms. The SMILES string of the molecule is O=C(Cc1ccc(F)cc1)c1cc([N+](=O)[O-])ccc1Cl. The van der Waals surface area contributed by atoms with Crippen LogP contribution >= 0.6 is 11.6 Å². The number of non-ortho nitro benzene ring substituents is 1. The lowest BCUT2D eigenvalue weighted by Gasteiger charge is -2.04. The van der Waals surface area contributed by atoms with E-state index in [2.05, 4.69) is 0 Å². The number of halogens is 2. The van der Waals surface area contributed by atoms with Gasteiger partial charge < -0.3 is 0 Å². The number of hydrogen-bond donors (Lipinski definition) is 0. The number of rotatable bonds is 4. The lowest BCUT2D eigenvalue weighted by atomic mass is 10.0. The number of nitrogens with zero attached hydrogens (tertiary/aromatic N) is 1. The largest absolute Gasteiger partial charge is 0.294 e. The zero-order valence-corrected chi connectivity index (χ0v) is 10.9. The first-order valence-corrected chi connectivity index (χ1v) is 6.07. The third kappa shape index (κ3) is 3.19. The highest BCUT2D eigenvalue weighted by Crippen LogP contribution is 2.23. The van der Waals surface area contributed by atoms with Crippen LogP contribution in [0.5, 0.6) is 0 Å². The molecule has 0 spiro atoms. The van der Waals surface area contributed by atoms with Crippen molar-refractivity contribution >= 4 is 23.1 Å². The third-order valence-corrected chi connectivity index (χ3v) is 3.07. The van der Waals surface area contributed by atoms with Crippen LogP contribution < -0.4 is 0 Å². The van der Waals surface area contributed by atoms with Crippen LogP contribution in [-0.4, -0.2) is 10.7 Å². The molecule has 0 N–H and O–H groups in total. The molecule has 0 saturated heterocycles. The van der Waals surface area contributed by atoms with Crippen molar-refractivity contribution in [3.05, 3.63) is 74.5 Å². The molecule has 0 radical (unpaired) electrons. The van der Waals surface area contributed by atoms with E-state index < -0.39 is 10.7 Å². The first-order valence-electron chi connectivity index (χ1n) is 5.69. The summed E-state index contributed by atoms with van der Waals surface area (Å²) in [6.07, 6.45) is 0.00116. The molecule has 0 aliphatic heterocycles. The zero-order valence-electron chi connectivity index (χ0n) is 10.2. The Morgan fingerprint density at radius 3 is 2.45 bits per heavy atom. The minimum Gasteiger partial charge on any atom is -0.294 e. The lowest BCUT2D eigenvalue weighted by Crippen LogP contribution is -2.05. The zero-order chi connectivity index (χ0) is 14.7. The molecule has 0 saturated carbocycles. The van der Waals surface area contributed by atoms with E-state index in [1.54, 1.807) is 0 Å². The van der Waals surface area contributed by atoms with Gasteiger partial charge in [0.05, 0.1) is 9.95 Å². The molecule has 2 aromatic carbocycles. The van der Waals surface area contributed by atoms with Gasteiger partial charge in [0.15, 0.2) is 5.78 Å². The summed E-state index contributed by atoms with van der Waals surface area (Å²) in [7, 11) is 0. The summed E-state index contributed by atoms with van der Waals surface area (Å²) in [5, 5.41) is 10.8. The van der Waals surface area contributed by atoms with E-state index in [1.807, 2.05) is 0 Å². The van der Waals surface area contributed by atoms with Crippen molar-refractivity contribution in [2.45, 2.75) is 6.42 Å². The topological polar surface area (TPSA) is 60.2 Å². The number of ketones is 1. The first-order chi connectivity index (χ1) is 9.47. The van der Waals surface area contributed by atoms with Gasteiger partial charge in [-0.1, -0.05) is 23.7 Å². The Bertz CT molecular complexity index is 671. The second-order valence-electron chi connectivity index (χ2n) is 4.15. The lowest BCUT2D eigenvalue weighted by molar-refractivity contribution is -0.384. The maximum absolute atomic E-state index is 12.8. The highest BCUT2D eigenvalue weighted by Gasteiger charge is 2.16. The molecule has 4 nitrogen and oxygen atoms in total. The summed E-state index contributed by atoms with van der Waals surface area (Å²) < 4.78 is 12.8. The molecule has 6 heteroatoms. The Balaban J connectivity index is 2.26. The average molecular weight is 294 g/mol. The first kappa shape index (κ1) is 14.1. The fourth-order valence-electron chi connectivity index (χ4n) is 1.72. The van der Waals surface area contributed by atoms with Gasteiger partial charge in [-0.05, 0) is 23.8 Å². The van der Waals surface area contributed by atoms with Gasteiger partial charge in [-0.25, -0.2) is 4.39 Å². The van der Waals surface area contributed by atoms with Gasteiger partial charge >= 0.3 is 0 Å². The van der Waals surface area contributed by atoms with E-state index in [9.17, 15) is 19.3 Å². The Kier molecular flexibility index (Phi) is 4.10. The van der Waals surface area contributed by atoms with Crippen molar-refractivity contribution in [2.75, 3.05) is 0 Å². The van der Waals surface area contributed by atoms with Crippen LogP contribution in [0.15, 0.2) is 42.5 Å². The van der Waals surface area contributed by atoms with E-state index in [4.69, 9.17) is 11.6 Å². The molecule has 0 aliphatic rings. The predicted molar refractivity (Wildman–Crippen MR) is 72.5 cm³/mol. The average Bonchev–Trinajstić information content (AvgIpc) is 2.41. The van der Waals surface area contributed by atoms with Gasteiger partial charge in [-0.2, -0.15) is 0 Å². The van der Waals surface area contributed by atoms with Gasteiger partial charge in [0.25, 0.3) is 5.69 Å². The second-order valence-corrected chi connectivity index (χ2v) is 4.55. The molecule has 0 atom stereocenters. The number of nitro benzene ring substituents is 1. The monoisotopic (exact) mass is 293 g/mol. The molecular formula is C14H9ClFNO3. The highest BCUT2D eigenvalue weighted by molar-refractivity contribution is 6.34. The summed E-state index contributed by atoms with van der Waals surface area (Å²) in [5.74, 6) is -0.750. The van der Waals surface area contributed by atoms with Crippen molar-refractivity contribution in [3.8, 4) is 0 Å². The number of hydrogen-bond acceptors (Lipinski definition) is 3. The van der Waals surface area contributed by atoms with Crippen molar-refractivity contribution < 1.29 is 14.1 Å². The number of nitro groups is 1. The molecule has 0 fully saturated rings. The normalized spacial score (nSPS) is 10.3. The van der Waals surface area contributed by atoms with Crippen LogP contribution in [0.1, 0.15) is 15.9 Å². The predicted octanol–water partition coefficient (Wildman–Crippen LogP) is 3.81. The molecule has 2 aromatic rings. The Hall–Kier alpha value is -2.27. The van der Waals surface area contributed by atoms with Crippen LogP contribution in [0.2, 0.25) is 5.02 Å². The van der Waals surface area contributed by atoms with Gasteiger partial charge in [-0.15, -0.1) is 0 Å². The third-order valence-electron chi connectivity index (χ3n) is 2.74. The maximum atomic E-state index is 12.8. The van der Waals surface area contributed by atoms with E-state index >= 15 is 0 Å². The molecule has 0 aromatic heterocycles. The summed E-state index contributed by atoms with van der Waals surface area (Å²) in [5.41, 5.74) is 0.501. The van der Waals surface area contributed by atoms with E-state index in [0.717, 1.165) is 6.07 Å². The Labute approximate surface area is 119 Å². The molecule has 0 bridgehead atoms. The molecule has 102 valence electrons. The van der Waals surface area contributed by atoms with Gasteiger partial charge in [0.2, 0.25) is 0 Å². The molecule has 0 unspecified atom stereocenters. The fourth-order valence-corrected chi connectivity index (χ4v) is 1.95. The van der Waals surface area contributed by atoms with Gasteiger partial charge in [-0.3, -0.25) is 14.9 Å². The molecule has 0 aliphatic carbocycles. The summed E-state index contributed by atoms with van der Waals surface area (Å²) >= 11 is 5.88. The van der Waals surface area contributed by atoms with Crippen LogP contribution in [-0.2, 0) is 6.42 Å². The van der Waals surface area contributed by atoms with Crippen molar-refractivity contribution in [2.24, 2.45) is 0 Å². The van der Waals surface area contributed by atoms with Crippen LogP contribution in [0.3, 0.4) is 0 Å². The summed E-state index contributed by atoms with van der Waals surface area (Å²) in [6, 6.07) is 9.16. The number of benzene rings is 2. The molecule has 2 rings (SSSR count). The Morgan fingerprint density at radius 2 is 1.85 bits per heavy atom. The number of Topliss-reactive ketones (excluding diaryl/α,β-unsaturated/α-hetero) is 1. The van der Waals surface area contributed by atoms with Crippen LogP contribution in [0.25, 0.3) is 0 Å². The van der Waals surface area contributed by atoms with Crippen molar-refractivity contribution in [3.63, 3.8) is 0 Å². The van der Waals surface area contributed by atoms with Gasteiger partial charge in [0.1, 0.15) is 5.82 Å². The van der Waals surface area contributed by atoms with E-state index in [0.29, 0.717) is 5.56 Å². The van der Waals surface area contributed by atoms with Crippen LogP contribution in [0, 0.1) is 15.9 Å². The minimum absolute atomic E-state index is 0.00116. The standard InChI is InChI=1S/C14H9ClFNO3/c15-13-6-5-11(17(19)20)8-12(13)14(18)7-9-1-3-10(16)4-2-9/h1-6,8H,7H2. The van der Waals surface area contributed by atoms with Crippen LogP contribution in [0.4, 0.5) is 10.1 Å². The van der Waals surface area contributed by atoms with E-state index in [1.165, 1.54) is 36.4 Å². The number of carbonyl (C=O) groups is 1. The quantitative estimate of drug-likeness (QED) is 0.489. The number of carbonyl (C=O) groups excluding carboxylic acids is 1. The Morgan fingerprint density at radius 1 is 1.20 bits per heavy atom. The molecular weight excluding hydrogens is 285 g/mol. The van der Waals surface area contributed by atoms with Crippen molar-refractivity contribution in [1.82, 2.24) is 0 Å². The summed E-state index contributed by atoms with van der Waals surface area (Å²) in [4.78, 5) is 22.2. The van der Waals surface area contributed by atoms with Gasteiger partial charge in [0, 0.05) is 24.1 Å². The molecule has 0 heterocycles. The summed E-state index contributed by atoms with van der Waals surface area (Å²) in [6.45, 7) is 0. The fraction of sp³-hybridized carbons (Fsp3) is 0.0714. The second kappa shape index (κ2) is 5.79. The van der Waals surface area contributed by atoms with Crippen molar-refractivity contribution in [1.29, 1.82) is 0 Å². The highest BCUT2D eigenvalue weighted by atomic mass is 35.5. The smallest absolute Gasteiger partial charge is 0.270 e. The minimum atomic E-state index is -0.592.